The molecular formula is C15H22F2N2O. The van der Waals surface area contributed by atoms with Gasteiger partial charge >= 0.3 is 0 Å². The molecule has 112 valence electrons. The van der Waals surface area contributed by atoms with E-state index in [1.54, 1.807) is 11.9 Å². The summed E-state index contributed by atoms with van der Waals surface area (Å²) >= 11 is 0. The number of rotatable bonds is 5. The maximum atomic E-state index is 14.2. The summed E-state index contributed by atoms with van der Waals surface area (Å²) in [6.07, 6.45) is 1.60. The molecule has 1 N–H and O–H groups in total. The normalized spacial score (nSPS) is 16.4. The second-order valence-corrected chi connectivity index (χ2v) is 5.14. The minimum absolute atomic E-state index is 0.0668. The Hall–Kier alpha value is -1.20. The average molecular weight is 284 g/mol. The van der Waals surface area contributed by atoms with Crippen LogP contribution in [0.4, 0.5) is 14.5 Å². The van der Waals surface area contributed by atoms with Crippen LogP contribution in [0.15, 0.2) is 12.1 Å². The van der Waals surface area contributed by atoms with Gasteiger partial charge in [0.05, 0.1) is 0 Å². The summed E-state index contributed by atoms with van der Waals surface area (Å²) in [6.45, 7) is 4.51. The van der Waals surface area contributed by atoms with Crippen molar-refractivity contribution in [3.63, 3.8) is 0 Å². The van der Waals surface area contributed by atoms with Crippen LogP contribution in [0.1, 0.15) is 25.3 Å². The maximum Gasteiger partial charge on any atom is 0.149 e. The lowest BCUT2D eigenvalue weighted by atomic mass is 10.1. The number of hydrogen-bond acceptors (Lipinski definition) is 3. The molecule has 0 aromatic heterocycles. The van der Waals surface area contributed by atoms with E-state index in [-0.39, 0.29) is 11.7 Å². The van der Waals surface area contributed by atoms with Gasteiger partial charge < -0.3 is 15.0 Å². The van der Waals surface area contributed by atoms with E-state index >= 15 is 0 Å². The van der Waals surface area contributed by atoms with Crippen LogP contribution >= 0.6 is 0 Å². The van der Waals surface area contributed by atoms with Crippen LogP contribution in [0, 0.1) is 11.6 Å². The van der Waals surface area contributed by atoms with Crippen LogP contribution in [0.5, 0.6) is 0 Å². The Bertz CT molecular complexity index is 424. The molecule has 0 bridgehead atoms. The highest BCUT2D eigenvalue weighted by molar-refractivity contribution is 5.51. The molecule has 0 spiro atoms. The number of hydrogen-bond donors (Lipinski definition) is 1. The quantitative estimate of drug-likeness (QED) is 0.899. The van der Waals surface area contributed by atoms with Gasteiger partial charge in [-0.05, 0) is 37.1 Å². The lowest BCUT2D eigenvalue weighted by molar-refractivity contribution is 0.0852. The van der Waals surface area contributed by atoms with Gasteiger partial charge in [-0.25, -0.2) is 8.78 Å². The second-order valence-electron chi connectivity index (χ2n) is 5.14. The highest BCUT2D eigenvalue weighted by atomic mass is 19.1. The minimum atomic E-state index is -0.494. The highest BCUT2D eigenvalue weighted by Gasteiger charge is 2.23. The molecule has 1 aromatic rings. The van der Waals surface area contributed by atoms with Gasteiger partial charge in [0.15, 0.2) is 0 Å². The van der Waals surface area contributed by atoms with Crippen molar-refractivity contribution in [2.45, 2.75) is 32.4 Å². The van der Waals surface area contributed by atoms with Crippen molar-refractivity contribution in [1.82, 2.24) is 5.32 Å². The second kappa shape index (κ2) is 6.99. The summed E-state index contributed by atoms with van der Waals surface area (Å²) in [5.41, 5.74) is 0.697. The highest BCUT2D eigenvalue weighted by Crippen LogP contribution is 2.28. The minimum Gasteiger partial charge on any atom is -0.381 e. The van der Waals surface area contributed by atoms with Crippen molar-refractivity contribution in [3.8, 4) is 0 Å². The summed E-state index contributed by atoms with van der Waals surface area (Å²) < 4.78 is 33.7. The number of nitrogens with zero attached hydrogens (tertiary/aromatic N) is 1. The smallest absolute Gasteiger partial charge is 0.149 e. The molecule has 5 heteroatoms. The summed E-state index contributed by atoms with van der Waals surface area (Å²) in [4.78, 5) is 1.71. The Kier molecular flexibility index (Phi) is 5.31. The summed E-state index contributed by atoms with van der Waals surface area (Å²) in [5.74, 6) is -0.987. The number of nitrogens with one attached hydrogen (secondary N) is 1. The van der Waals surface area contributed by atoms with E-state index < -0.39 is 11.6 Å². The van der Waals surface area contributed by atoms with E-state index in [0.717, 1.165) is 19.4 Å². The maximum absolute atomic E-state index is 14.2. The largest absolute Gasteiger partial charge is 0.381 e. The van der Waals surface area contributed by atoms with Crippen LogP contribution in [-0.4, -0.2) is 32.8 Å². The first-order valence-electron chi connectivity index (χ1n) is 7.12. The molecule has 0 radical (unpaired) electrons. The summed E-state index contributed by atoms with van der Waals surface area (Å²) in [7, 11) is 1.75. The Balaban J connectivity index is 2.18. The average Bonchev–Trinajstić information content (AvgIpc) is 2.45. The van der Waals surface area contributed by atoms with Crippen LogP contribution in [0.25, 0.3) is 0 Å². The molecule has 1 aromatic carbocycles. The van der Waals surface area contributed by atoms with Gasteiger partial charge in [-0.3, -0.25) is 0 Å². The monoisotopic (exact) mass is 284 g/mol. The van der Waals surface area contributed by atoms with Gasteiger partial charge in [-0.2, -0.15) is 0 Å². The fourth-order valence-corrected chi connectivity index (χ4v) is 2.58. The molecule has 0 unspecified atom stereocenters. The molecule has 1 heterocycles. The molecule has 1 aliphatic heterocycles. The summed E-state index contributed by atoms with van der Waals surface area (Å²) in [6, 6.07) is 2.96. The fourth-order valence-electron chi connectivity index (χ4n) is 2.58. The predicted molar refractivity (Wildman–Crippen MR) is 76.0 cm³/mol. The van der Waals surface area contributed by atoms with E-state index in [4.69, 9.17) is 4.74 Å². The Morgan fingerprint density at radius 1 is 1.25 bits per heavy atom. The third-order valence-corrected chi connectivity index (χ3v) is 3.75. The molecule has 0 atom stereocenters. The first-order chi connectivity index (χ1) is 9.63. The van der Waals surface area contributed by atoms with E-state index in [9.17, 15) is 8.78 Å². The molecule has 3 nitrogen and oxygen atoms in total. The van der Waals surface area contributed by atoms with Crippen LogP contribution in [0.2, 0.25) is 0 Å². The van der Waals surface area contributed by atoms with Crippen molar-refractivity contribution in [2.75, 3.05) is 31.7 Å². The zero-order valence-corrected chi connectivity index (χ0v) is 12.1. The molecule has 20 heavy (non-hydrogen) atoms. The van der Waals surface area contributed by atoms with Crippen molar-refractivity contribution in [2.24, 2.45) is 0 Å². The lowest BCUT2D eigenvalue weighted by Crippen LogP contribution is -2.37. The summed E-state index contributed by atoms with van der Waals surface area (Å²) in [5, 5.41) is 3.07. The SMILES string of the molecule is CCNCc1cc(F)c(N(C)C2CCOCC2)c(F)c1. The molecule has 0 amide bonds. The Morgan fingerprint density at radius 3 is 2.40 bits per heavy atom. The topological polar surface area (TPSA) is 24.5 Å². The van der Waals surface area contributed by atoms with E-state index in [2.05, 4.69) is 5.32 Å². The van der Waals surface area contributed by atoms with Crippen molar-refractivity contribution in [3.05, 3.63) is 29.3 Å². The Morgan fingerprint density at radius 2 is 1.85 bits per heavy atom. The van der Waals surface area contributed by atoms with E-state index in [1.165, 1.54) is 12.1 Å². The van der Waals surface area contributed by atoms with E-state index in [1.807, 2.05) is 6.92 Å². The van der Waals surface area contributed by atoms with Crippen molar-refractivity contribution in [1.29, 1.82) is 0 Å². The number of anilines is 1. The van der Waals surface area contributed by atoms with Gasteiger partial charge in [0.25, 0.3) is 0 Å². The first-order valence-corrected chi connectivity index (χ1v) is 7.12. The van der Waals surface area contributed by atoms with Gasteiger partial charge in [-0.15, -0.1) is 0 Å². The predicted octanol–water partition coefficient (Wildman–Crippen LogP) is 2.69. The first kappa shape index (κ1) is 15.2. The van der Waals surface area contributed by atoms with Crippen LogP contribution in [-0.2, 0) is 11.3 Å². The zero-order chi connectivity index (χ0) is 14.5. The molecule has 1 saturated heterocycles. The fraction of sp³-hybridized carbons (Fsp3) is 0.600. The standard InChI is InChI=1S/C15H22F2N2O/c1-3-18-10-11-8-13(16)15(14(17)9-11)19(2)12-4-6-20-7-5-12/h8-9,12,18H,3-7,10H2,1-2H3. The zero-order valence-electron chi connectivity index (χ0n) is 12.1. The van der Waals surface area contributed by atoms with Crippen molar-refractivity contribution < 1.29 is 13.5 Å². The van der Waals surface area contributed by atoms with Crippen molar-refractivity contribution >= 4 is 5.69 Å². The number of benzene rings is 1. The van der Waals surface area contributed by atoms with Gasteiger partial charge in [0, 0.05) is 32.8 Å². The van der Waals surface area contributed by atoms with E-state index in [0.29, 0.717) is 25.3 Å². The van der Waals surface area contributed by atoms with Gasteiger partial charge in [0.1, 0.15) is 17.3 Å². The molecule has 1 fully saturated rings. The molecule has 2 rings (SSSR count). The lowest BCUT2D eigenvalue weighted by Gasteiger charge is -2.33. The third kappa shape index (κ3) is 3.46. The van der Waals surface area contributed by atoms with Crippen LogP contribution in [0.3, 0.4) is 0 Å². The van der Waals surface area contributed by atoms with Gasteiger partial charge in [0.2, 0.25) is 0 Å². The number of ether oxygens (including phenoxy) is 1. The van der Waals surface area contributed by atoms with Crippen LogP contribution < -0.4 is 10.2 Å². The molecule has 0 aliphatic carbocycles. The number of halogens is 2. The molecular weight excluding hydrogens is 262 g/mol. The molecule has 1 aliphatic rings. The molecule has 0 saturated carbocycles. The third-order valence-electron chi connectivity index (χ3n) is 3.75. The van der Waals surface area contributed by atoms with Gasteiger partial charge in [-0.1, -0.05) is 6.92 Å². The Labute approximate surface area is 118 Å².